The van der Waals surface area contributed by atoms with Gasteiger partial charge in [0.15, 0.2) is 9.84 Å². The monoisotopic (exact) mass is 307 g/mol. The Morgan fingerprint density at radius 2 is 2.29 bits per heavy atom. The predicted octanol–water partition coefficient (Wildman–Crippen LogP) is 1.59. The van der Waals surface area contributed by atoms with Gasteiger partial charge in [0.25, 0.3) is 0 Å². The van der Waals surface area contributed by atoms with Gasteiger partial charge in [-0.1, -0.05) is 6.07 Å². The molecule has 2 aromatic heterocycles. The fourth-order valence-corrected chi connectivity index (χ4v) is 4.87. The summed E-state index contributed by atoms with van der Waals surface area (Å²) in [4.78, 5) is 6.62. The van der Waals surface area contributed by atoms with Crippen LogP contribution in [0.15, 0.2) is 30.6 Å². The van der Waals surface area contributed by atoms with Crippen molar-refractivity contribution in [1.82, 2.24) is 14.3 Å². The van der Waals surface area contributed by atoms with Gasteiger partial charge in [0.2, 0.25) is 0 Å². The Morgan fingerprint density at radius 3 is 3.05 bits per heavy atom. The van der Waals surface area contributed by atoms with Gasteiger partial charge in [-0.25, -0.2) is 13.4 Å². The Labute approximate surface area is 125 Å². The van der Waals surface area contributed by atoms with E-state index in [2.05, 4.69) is 21.3 Å². The van der Waals surface area contributed by atoms with Gasteiger partial charge in [-0.2, -0.15) is 0 Å². The molecule has 2 aromatic rings. The van der Waals surface area contributed by atoms with Gasteiger partial charge in [-0.15, -0.1) is 0 Å². The molecule has 114 valence electrons. The maximum atomic E-state index is 11.5. The van der Waals surface area contributed by atoms with E-state index in [0.29, 0.717) is 17.4 Å². The summed E-state index contributed by atoms with van der Waals surface area (Å²) in [6, 6.07) is 5.98. The molecule has 0 saturated carbocycles. The van der Waals surface area contributed by atoms with Crippen molar-refractivity contribution in [3.8, 4) is 0 Å². The quantitative estimate of drug-likeness (QED) is 0.842. The Balaban J connectivity index is 1.56. The van der Waals surface area contributed by atoms with E-state index < -0.39 is 9.84 Å². The first-order valence-electron chi connectivity index (χ1n) is 7.33. The van der Waals surface area contributed by atoms with E-state index in [0.717, 1.165) is 37.3 Å². The second-order valence-electron chi connectivity index (χ2n) is 5.97. The molecule has 6 heteroatoms. The molecule has 0 amide bonds. The minimum absolute atomic E-state index is 0.333. The van der Waals surface area contributed by atoms with Gasteiger partial charge in [-0.3, -0.25) is 0 Å². The van der Waals surface area contributed by atoms with E-state index >= 15 is 0 Å². The second-order valence-corrected chi connectivity index (χ2v) is 8.20. The highest BCUT2D eigenvalue weighted by Crippen LogP contribution is 2.21. The molecule has 3 heterocycles. The first-order valence-corrected chi connectivity index (χ1v) is 9.15. The third-order valence-corrected chi connectivity index (χ3v) is 6.01. The second kappa shape index (κ2) is 5.77. The van der Waals surface area contributed by atoms with Crippen molar-refractivity contribution in [3.05, 3.63) is 36.3 Å². The van der Waals surface area contributed by atoms with E-state index in [-0.39, 0.29) is 0 Å². The minimum Gasteiger partial charge on any atom is -0.303 e. The zero-order chi connectivity index (χ0) is 14.9. The largest absolute Gasteiger partial charge is 0.303 e. The summed E-state index contributed by atoms with van der Waals surface area (Å²) in [7, 11) is -0.680. The summed E-state index contributed by atoms with van der Waals surface area (Å²) in [5, 5.41) is 0. The van der Waals surface area contributed by atoms with Crippen LogP contribution in [0.2, 0.25) is 0 Å². The van der Waals surface area contributed by atoms with Crippen LogP contribution in [0.1, 0.15) is 18.5 Å². The van der Waals surface area contributed by atoms with E-state index in [1.807, 2.05) is 30.6 Å². The average Bonchev–Trinajstić information content (AvgIpc) is 3.01. The molecule has 1 saturated heterocycles. The number of nitrogens with zero attached hydrogens (tertiary/aromatic N) is 3. The van der Waals surface area contributed by atoms with Crippen LogP contribution in [0.25, 0.3) is 5.65 Å². The Hall–Kier alpha value is -1.40. The summed E-state index contributed by atoms with van der Waals surface area (Å²) >= 11 is 0. The third-order valence-electron chi connectivity index (χ3n) is 4.17. The van der Waals surface area contributed by atoms with E-state index in [1.165, 1.54) is 0 Å². The lowest BCUT2D eigenvalue weighted by atomic mass is 10.1. The summed E-state index contributed by atoms with van der Waals surface area (Å²) in [5.74, 6) is 1.07. The SMILES string of the molecule is CN(CC[C@@H]1CCS(=O)(=O)C1)Cc1cnc2ccccn12. The Morgan fingerprint density at radius 1 is 1.43 bits per heavy atom. The van der Waals surface area contributed by atoms with Crippen LogP contribution in [-0.4, -0.2) is 47.8 Å². The number of hydrogen-bond donors (Lipinski definition) is 0. The van der Waals surface area contributed by atoms with Crippen LogP contribution in [0.4, 0.5) is 0 Å². The topological polar surface area (TPSA) is 54.7 Å². The average molecular weight is 307 g/mol. The number of rotatable bonds is 5. The smallest absolute Gasteiger partial charge is 0.150 e. The van der Waals surface area contributed by atoms with E-state index in [9.17, 15) is 8.42 Å². The first kappa shape index (κ1) is 14.5. The third kappa shape index (κ3) is 3.44. The van der Waals surface area contributed by atoms with Gasteiger partial charge in [0.05, 0.1) is 23.4 Å². The minimum atomic E-state index is -2.75. The number of fused-ring (bicyclic) bond motifs is 1. The van der Waals surface area contributed by atoms with Gasteiger partial charge < -0.3 is 9.30 Å². The molecular formula is C15H21N3O2S. The predicted molar refractivity (Wildman–Crippen MR) is 82.9 cm³/mol. The molecular weight excluding hydrogens is 286 g/mol. The fourth-order valence-electron chi connectivity index (χ4n) is 2.96. The number of aromatic nitrogens is 2. The summed E-state index contributed by atoms with van der Waals surface area (Å²) in [5.41, 5.74) is 2.12. The lowest BCUT2D eigenvalue weighted by molar-refractivity contribution is 0.296. The van der Waals surface area contributed by atoms with Gasteiger partial charge >= 0.3 is 0 Å². The molecule has 0 radical (unpaired) electrons. The van der Waals surface area contributed by atoms with E-state index in [1.54, 1.807) is 0 Å². The van der Waals surface area contributed by atoms with Crippen molar-refractivity contribution < 1.29 is 8.42 Å². The molecule has 1 fully saturated rings. The molecule has 1 aliphatic heterocycles. The Kier molecular flexibility index (Phi) is 3.99. The molecule has 3 rings (SSSR count). The normalized spacial score (nSPS) is 21.3. The fraction of sp³-hybridized carbons (Fsp3) is 0.533. The molecule has 0 aliphatic carbocycles. The molecule has 0 unspecified atom stereocenters. The summed E-state index contributed by atoms with van der Waals surface area (Å²) < 4.78 is 25.0. The van der Waals surface area contributed by atoms with Crippen LogP contribution in [0, 0.1) is 5.92 Å². The van der Waals surface area contributed by atoms with E-state index in [4.69, 9.17) is 0 Å². The number of pyridine rings is 1. The standard InChI is InChI=1S/C15H21N3O2S/c1-17(8-5-13-6-9-21(19,20)12-13)11-14-10-16-15-4-2-3-7-18(14)15/h2-4,7,10,13H,5-6,8-9,11-12H2,1H3/t13-/m1/s1. The van der Waals surface area contributed by atoms with Crippen molar-refractivity contribution in [2.75, 3.05) is 25.1 Å². The van der Waals surface area contributed by atoms with Gasteiger partial charge in [0, 0.05) is 12.7 Å². The van der Waals surface area contributed by atoms with Gasteiger partial charge in [0.1, 0.15) is 5.65 Å². The zero-order valence-electron chi connectivity index (χ0n) is 12.3. The highest BCUT2D eigenvalue weighted by atomic mass is 32.2. The van der Waals surface area contributed by atoms with Crippen molar-refractivity contribution >= 4 is 15.5 Å². The highest BCUT2D eigenvalue weighted by molar-refractivity contribution is 7.91. The first-order chi connectivity index (χ1) is 10.0. The van der Waals surface area contributed by atoms with Crippen LogP contribution < -0.4 is 0 Å². The maximum Gasteiger partial charge on any atom is 0.150 e. The van der Waals surface area contributed by atoms with Crippen LogP contribution in [-0.2, 0) is 16.4 Å². The molecule has 1 aliphatic rings. The van der Waals surface area contributed by atoms with Crippen molar-refractivity contribution in [1.29, 1.82) is 0 Å². The Bertz CT molecular complexity index is 723. The molecule has 0 bridgehead atoms. The molecule has 0 spiro atoms. The van der Waals surface area contributed by atoms with Crippen LogP contribution >= 0.6 is 0 Å². The zero-order valence-corrected chi connectivity index (χ0v) is 13.1. The lowest BCUT2D eigenvalue weighted by Gasteiger charge is -2.18. The maximum absolute atomic E-state index is 11.5. The molecule has 5 nitrogen and oxygen atoms in total. The molecule has 21 heavy (non-hydrogen) atoms. The van der Waals surface area contributed by atoms with Gasteiger partial charge in [-0.05, 0) is 44.5 Å². The van der Waals surface area contributed by atoms with Crippen LogP contribution in [0.3, 0.4) is 0 Å². The molecule has 0 aromatic carbocycles. The van der Waals surface area contributed by atoms with Crippen LogP contribution in [0.5, 0.6) is 0 Å². The highest BCUT2D eigenvalue weighted by Gasteiger charge is 2.27. The molecule has 1 atom stereocenters. The lowest BCUT2D eigenvalue weighted by Crippen LogP contribution is -2.22. The number of hydrogen-bond acceptors (Lipinski definition) is 4. The summed E-state index contributed by atoms with van der Waals surface area (Å²) in [6.45, 7) is 1.74. The van der Waals surface area contributed by atoms with Crippen molar-refractivity contribution in [2.45, 2.75) is 19.4 Å². The molecule has 0 N–H and O–H groups in total. The summed E-state index contributed by atoms with van der Waals surface area (Å²) in [6.07, 6.45) is 5.71. The number of sulfone groups is 1. The van der Waals surface area contributed by atoms with Crippen molar-refractivity contribution in [2.24, 2.45) is 5.92 Å². The van der Waals surface area contributed by atoms with Crippen molar-refractivity contribution in [3.63, 3.8) is 0 Å². The number of imidazole rings is 1.